The van der Waals surface area contributed by atoms with E-state index in [2.05, 4.69) is 0 Å². The van der Waals surface area contributed by atoms with Crippen LogP contribution in [0.25, 0.3) is 0 Å². The monoisotopic (exact) mass is 186 g/mol. The lowest BCUT2D eigenvalue weighted by atomic mass is 11.5. The van der Waals surface area contributed by atoms with Crippen LogP contribution in [0.4, 0.5) is 26.5 Å². The minimum Gasteiger partial charge on any atom is -0.162 e. The van der Waals surface area contributed by atoms with E-state index in [4.69, 9.17) is 0 Å². The van der Waals surface area contributed by atoms with Gasteiger partial charge in [-0.1, -0.05) is 0 Å². The van der Waals surface area contributed by atoms with Gasteiger partial charge in [0.2, 0.25) is 0 Å². The molecule has 0 atom stereocenters. The SMILES string of the molecule is FOC(F)(F)SC(F)(F)F. The molecule has 10 heavy (non-hydrogen) atoms. The summed E-state index contributed by atoms with van der Waals surface area (Å²) in [6.45, 7) is 0. The predicted octanol–water partition coefficient (Wildman–Crippen LogP) is 2.69. The Labute approximate surface area is 55.2 Å². The average molecular weight is 186 g/mol. The highest BCUT2D eigenvalue weighted by Gasteiger charge is 2.47. The van der Waals surface area contributed by atoms with Crippen molar-refractivity contribution in [3.63, 3.8) is 0 Å². The van der Waals surface area contributed by atoms with E-state index in [9.17, 15) is 26.5 Å². The van der Waals surface area contributed by atoms with Gasteiger partial charge < -0.3 is 0 Å². The van der Waals surface area contributed by atoms with Crippen molar-refractivity contribution in [3.8, 4) is 0 Å². The third-order valence-electron chi connectivity index (χ3n) is 0.324. The molecule has 0 N–H and O–H groups in total. The molecule has 0 radical (unpaired) electrons. The van der Waals surface area contributed by atoms with E-state index in [0.29, 0.717) is 0 Å². The maximum absolute atomic E-state index is 11.3. The van der Waals surface area contributed by atoms with E-state index in [1.165, 1.54) is 0 Å². The topological polar surface area (TPSA) is 9.23 Å². The van der Waals surface area contributed by atoms with Gasteiger partial charge in [-0.05, 0) is 4.53 Å². The summed E-state index contributed by atoms with van der Waals surface area (Å²) in [5.74, 6) is 0. The van der Waals surface area contributed by atoms with Crippen molar-refractivity contribution in [2.24, 2.45) is 0 Å². The summed E-state index contributed by atoms with van der Waals surface area (Å²) in [5, 5.41) is 0. The quantitative estimate of drug-likeness (QED) is 0.484. The van der Waals surface area contributed by atoms with Crippen molar-refractivity contribution in [1.29, 1.82) is 0 Å². The number of rotatable bonds is 2. The van der Waals surface area contributed by atoms with Gasteiger partial charge in [0.25, 0.3) is 0 Å². The molecule has 0 aromatic heterocycles. The van der Waals surface area contributed by atoms with Gasteiger partial charge in [-0.25, -0.2) is 0 Å². The van der Waals surface area contributed by atoms with Gasteiger partial charge in [-0.3, -0.25) is 0 Å². The molecule has 0 bridgehead atoms. The zero-order chi connectivity index (χ0) is 8.41. The minimum atomic E-state index is -5.21. The molecule has 0 aromatic rings. The molecule has 0 spiro atoms. The lowest BCUT2D eigenvalue weighted by Gasteiger charge is -2.10. The minimum absolute atomic E-state index is 1.72. The second-order valence-corrected chi connectivity index (χ2v) is 2.23. The standard InChI is InChI=1S/C2F6OS/c3-1(4,5)10-2(6,7)9-8. The number of halogens is 6. The van der Waals surface area contributed by atoms with E-state index in [-0.39, 0.29) is 0 Å². The summed E-state index contributed by atoms with van der Waals surface area (Å²) in [7, 11) is 0. The van der Waals surface area contributed by atoms with E-state index in [1.54, 1.807) is 4.94 Å². The van der Waals surface area contributed by atoms with Gasteiger partial charge >= 0.3 is 10.9 Å². The molecule has 0 aliphatic heterocycles. The van der Waals surface area contributed by atoms with Crippen LogP contribution in [-0.4, -0.2) is 10.9 Å². The van der Waals surface area contributed by atoms with Crippen molar-refractivity contribution < 1.29 is 31.4 Å². The van der Waals surface area contributed by atoms with Gasteiger partial charge in [-0.15, -0.1) is 4.94 Å². The van der Waals surface area contributed by atoms with Crippen molar-refractivity contribution in [1.82, 2.24) is 0 Å². The number of hydrogen-bond donors (Lipinski definition) is 0. The van der Waals surface area contributed by atoms with E-state index in [1.807, 2.05) is 0 Å². The molecule has 0 saturated carbocycles. The Morgan fingerprint density at radius 3 is 1.50 bits per heavy atom. The molecule has 0 aliphatic carbocycles. The number of alkyl halides is 5. The second-order valence-electron chi connectivity index (χ2n) is 1.09. The fourth-order valence-electron chi connectivity index (χ4n) is 0.150. The summed E-state index contributed by atoms with van der Waals surface area (Å²) in [5.41, 5.74) is -10.1. The first-order valence-corrected chi connectivity index (χ1v) is 2.53. The fourth-order valence-corrected chi connectivity index (χ4v) is 0.451. The molecule has 0 rings (SSSR count). The van der Waals surface area contributed by atoms with Crippen LogP contribution in [0.15, 0.2) is 0 Å². The summed E-state index contributed by atoms with van der Waals surface area (Å²) < 4.78 is 66.0. The Balaban J connectivity index is 3.89. The Kier molecular flexibility index (Phi) is 2.84. The maximum atomic E-state index is 11.3. The van der Waals surface area contributed by atoms with Crippen LogP contribution in [-0.2, 0) is 4.94 Å². The molecule has 0 fully saturated rings. The van der Waals surface area contributed by atoms with Crippen molar-refractivity contribution in [2.75, 3.05) is 0 Å². The maximum Gasteiger partial charge on any atom is 0.449 e. The van der Waals surface area contributed by atoms with E-state index in [0.717, 1.165) is 0 Å². The lowest BCUT2D eigenvalue weighted by Crippen LogP contribution is -2.18. The van der Waals surface area contributed by atoms with E-state index < -0.39 is 22.7 Å². The molecule has 0 amide bonds. The molecule has 0 aromatic carbocycles. The molecule has 0 aliphatic rings. The molecule has 0 saturated heterocycles. The predicted molar refractivity (Wildman–Crippen MR) is 20.8 cm³/mol. The summed E-state index contributed by atoms with van der Waals surface area (Å²) in [6, 6.07) is 0. The summed E-state index contributed by atoms with van der Waals surface area (Å²) >= 11 is -1.87. The van der Waals surface area contributed by atoms with Crippen molar-refractivity contribution >= 4 is 11.8 Å². The van der Waals surface area contributed by atoms with Crippen molar-refractivity contribution in [3.05, 3.63) is 0 Å². The van der Waals surface area contributed by atoms with E-state index >= 15 is 0 Å². The van der Waals surface area contributed by atoms with Gasteiger partial charge in [0, 0.05) is 0 Å². The fraction of sp³-hybridized carbons (Fsp3) is 1.00. The van der Waals surface area contributed by atoms with Crippen LogP contribution in [0.3, 0.4) is 0 Å². The molecule has 8 heteroatoms. The Morgan fingerprint density at radius 1 is 1.00 bits per heavy atom. The zero-order valence-corrected chi connectivity index (χ0v) is 4.90. The molecular formula is C2F6OS. The molecule has 1 nitrogen and oxygen atoms in total. The lowest BCUT2D eigenvalue weighted by molar-refractivity contribution is -0.303. The highest BCUT2D eigenvalue weighted by Crippen LogP contribution is 2.43. The van der Waals surface area contributed by atoms with Gasteiger partial charge in [-0.2, -0.15) is 22.0 Å². The highest BCUT2D eigenvalue weighted by molar-refractivity contribution is 8.00. The molecule has 62 valence electrons. The second kappa shape index (κ2) is 2.87. The third-order valence-corrected chi connectivity index (χ3v) is 0.856. The molecule has 0 unspecified atom stereocenters. The smallest absolute Gasteiger partial charge is 0.162 e. The zero-order valence-electron chi connectivity index (χ0n) is 4.08. The van der Waals surface area contributed by atoms with Crippen LogP contribution < -0.4 is 0 Å². The van der Waals surface area contributed by atoms with Crippen LogP contribution in [0, 0.1) is 0 Å². The normalized spacial score (nSPS) is 13.8. The van der Waals surface area contributed by atoms with Gasteiger partial charge in [0.1, 0.15) is 0 Å². The summed E-state index contributed by atoms with van der Waals surface area (Å²) in [4.78, 5) is 1.72. The van der Waals surface area contributed by atoms with Gasteiger partial charge in [0.05, 0.1) is 11.8 Å². The first kappa shape index (κ1) is 9.89. The van der Waals surface area contributed by atoms with Crippen molar-refractivity contribution in [2.45, 2.75) is 10.9 Å². The third kappa shape index (κ3) is 4.74. The summed E-state index contributed by atoms with van der Waals surface area (Å²) in [6.07, 6.45) is 0. The Bertz CT molecular complexity index is 109. The van der Waals surface area contributed by atoms with Crippen LogP contribution in [0.1, 0.15) is 0 Å². The molecular weight excluding hydrogens is 186 g/mol. The highest BCUT2D eigenvalue weighted by atomic mass is 32.2. The van der Waals surface area contributed by atoms with Crippen LogP contribution in [0.5, 0.6) is 0 Å². The largest absolute Gasteiger partial charge is 0.449 e. The average Bonchev–Trinajstić information content (AvgIpc) is 1.60. The molecule has 0 heterocycles. The Hall–Kier alpha value is -0.110. The Morgan fingerprint density at radius 2 is 1.40 bits per heavy atom. The number of thioether (sulfide) groups is 1. The van der Waals surface area contributed by atoms with Crippen LogP contribution >= 0.6 is 11.8 Å². The first-order valence-electron chi connectivity index (χ1n) is 1.71. The van der Waals surface area contributed by atoms with Gasteiger partial charge in [0.15, 0.2) is 0 Å². The first-order chi connectivity index (χ1) is 4.27. The van der Waals surface area contributed by atoms with Crippen LogP contribution in [0.2, 0.25) is 0 Å². The number of hydrogen-bond acceptors (Lipinski definition) is 2.